The first-order chi connectivity index (χ1) is 12.9. The van der Waals surface area contributed by atoms with Gasteiger partial charge in [-0.05, 0) is 32.6 Å². The van der Waals surface area contributed by atoms with Gasteiger partial charge in [0.2, 0.25) is 5.91 Å². The first-order valence-electron chi connectivity index (χ1n) is 9.74. The maximum absolute atomic E-state index is 12.9. The SMILES string of the molecule is CCOC(=O)[C@]12C[C@@H]1/C=C\CCCCN(C)C(=O)[C@H]1C[C@@H](O)CN1C(=O)N2. The maximum atomic E-state index is 12.9. The molecule has 1 aliphatic carbocycles. The number of aliphatic hydroxyl groups excluding tert-OH is 1. The van der Waals surface area contributed by atoms with Crippen LogP contribution in [0.3, 0.4) is 0 Å². The van der Waals surface area contributed by atoms with Crippen LogP contribution >= 0.6 is 0 Å². The van der Waals surface area contributed by atoms with Crippen LogP contribution in [0.2, 0.25) is 0 Å². The van der Waals surface area contributed by atoms with Gasteiger partial charge < -0.3 is 25.0 Å². The van der Waals surface area contributed by atoms with Crippen LogP contribution in [0.25, 0.3) is 0 Å². The fourth-order valence-electron chi connectivity index (χ4n) is 3.98. The molecule has 4 atom stereocenters. The number of ether oxygens (including phenoxy) is 1. The molecule has 2 N–H and O–H groups in total. The summed E-state index contributed by atoms with van der Waals surface area (Å²) >= 11 is 0. The molecular formula is C19H29N3O5. The summed E-state index contributed by atoms with van der Waals surface area (Å²) in [4.78, 5) is 41.2. The summed E-state index contributed by atoms with van der Waals surface area (Å²) in [7, 11) is 1.72. The van der Waals surface area contributed by atoms with Crippen molar-refractivity contribution < 1.29 is 24.2 Å². The number of aliphatic hydroxyl groups is 1. The highest BCUT2D eigenvalue weighted by atomic mass is 16.5. The summed E-state index contributed by atoms with van der Waals surface area (Å²) in [6.07, 6.45) is 6.64. The molecule has 150 valence electrons. The number of amides is 3. The zero-order chi connectivity index (χ0) is 19.6. The Morgan fingerprint density at radius 3 is 2.93 bits per heavy atom. The lowest BCUT2D eigenvalue weighted by Gasteiger charge is -2.29. The lowest BCUT2D eigenvalue weighted by Crippen LogP contribution is -2.55. The Morgan fingerprint density at radius 1 is 1.41 bits per heavy atom. The number of likely N-dealkylation sites (N-methyl/N-ethyl adjacent to an activating group) is 1. The Hall–Kier alpha value is -2.09. The van der Waals surface area contributed by atoms with Crippen LogP contribution in [-0.4, -0.2) is 77.2 Å². The molecule has 1 saturated heterocycles. The van der Waals surface area contributed by atoms with Crippen molar-refractivity contribution in [3.63, 3.8) is 0 Å². The molecule has 0 spiro atoms. The summed E-state index contributed by atoms with van der Waals surface area (Å²) in [5.74, 6) is -0.723. The van der Waals surface area contributed by atoms with E-state index in [-0.39, 0.29) is 31.4 Å². The predicted molar refractivity (Wildman–Crippen MR) is 97.7 cm³/mol. The molecule has 0 aromatic rings. The molecule has 2 heterocycles. The number of carbonyl (C=O) groups is 3. The zero-order valence-electron chi connectivity index (χ0n) is 16.0. The summed E-state index contributed by atoms with van der Waals surface area (Å²) in [6, 6.07) is -1.21. The van der Waals surface area contributed by atoms with Gasteiger partial charge in [0.1, 0.15) is 11.6 Å². The van der Waals surface area contributed by atoms with E-state index >= 15 is 0 Å². The van der Waals surface area contributed by atoms with Gasteiger partial charge in [-0.1, -0.05) is 12.2 Å². The van der Waals surface area contributed by atoms with Crippen LogP contribution in [-0.2, 0) is 14.3 Å². The molecule has 3 rings (SSSR count). The van der Waals surface area contributed by atoms with Gasteiger partial charge in [0, 0.05) is 32.5 Å². The van der Waals surface area contributed by atoms with Crippen molar-refractivity contribution in [2.45, 2.75) is 56.7 Å². The van der Waals surface area contributed by atoms with Crippen molar-refractivity contribution in [1.29, 1.82) is 0 Å². The third-order valence-corrected chi connectivity index (χ3v) is 5.67. The minimum atomic E-state index is -1.07. The third kappa shape index (κ3) is 3.95. The van der Waals surface area contributed by atoms with Crippen molar-refractivity contribution in [1.82, 2.24) is 15.1 Å². The number of carbonyl (C=O) groups excluding carboxylic acids is 3. The average Bonchev–Trinajstić information content (AvgIpc) is 3.18. The molecule has 1 saturated carbocycles. The third-order valence-electron chi connectivity index (χ3n) is 5.67. The maximum Gasteiger partial charge on any atom is 0.332 e. The molecule has 3 aliphatic rings. The molecule has 2 aliphatic heterocycles. The van der Waals surface area contributed by atoms with Gasteiger partial charge in [0.15, 0.2) is 0 Å². The fraction of sp³-hybridized carbons (Fsp3) is 0.737. The van der Waals surface area contributed by atoms with E-state index in [9.17, 15) is 19.5 Å². The molecule has 2 fully saturated rings. The number of nitrogens with zero attached hydrogens (tertiary/aromatic N) is 2. The van der Waals surface area contributed by atoms with Crippen LogP contribution in [0.15, 0.2) is 12.2 Å². The van der Waals surface area contributed by atoms with Crippen LogP contribution in [0.5, 0.6) is 0 Å². The van der Waals surface area contributed by atoms with Gasteiger partial charge in [-0.2, -0.15) is 0 Å². The zero-order valence-corrected chi connectivity index (χ0v) is 16.0. The van der Waals surface area contributed by atoms with Crippen LogP contribution in [0.4, 0.5) is 4.79 Å². The van der Waals surface area contributed by atoms with Crippen molar-refractivity contribution in [3.05, 3.63) is 12.2 Å². The van der Waals surface area contributed by atoms with Crippen LogP contribution in [0, 0.1) is 5.92 Å². The van der Waals surface area contributed by atoms with E-state index in [1.165, 1.54) is 4.90 Å². The van der Waals surface area contributed by atoms with E-state index in [2.05, 4.69) is 5.32 Å². The summed E-state index contributed by atoms with van der Waals surface area (Å²) < 4.78 is 5.18. The van der Waals surface area contributed by atoms with Gasteiger partial charge in [-0.25, -0.2) is 9.59 Å². The molecule has 0 bridgehead atoms. The van der Waals surface area contributed by atoms with Crippen LogP contribution < -0.4 is 5.32 Å². The van der Waals surface area contributed by atoms with E-state index in [4.69, 9.17) is 4.74 Å². The molecule has 0 unspecified atom stereocenters. The van der Waals surface area contributed by atoms with Gasteiger partial charge in [-0.3, -0.25) is 4.79 Å². The summed E-state index contributed by atoms with van der Waals surface area (Å²) in [5.41, 5.74) is -1.07. The number of nitrogens with one attached hydrogen (secondary N) is 1. The lowest BCUT2D eigenvalue weighted by atomic mass is 10.1. The first kappa shape index (κ1) is 19.7. The lowest BCUT2D eigenvalue weighted by molar-refractivity contribution is -0.147. The Morgan fingerprint density at radius 2 is 2.19 bits per heavy atom. The minimum Gasteiger partial charge on any atom is -0.464 e. The molecule has 0 aromatic heterocycles. The van der Waals surface area contributed by atoms with E-state index in [0.29, 0.717) is 13.0 Å². The van der Waals surface area contributed by atoms with Gasteiger partial charge >= 0.3 is 12.0 Å². The molecule has 8 heteroatoms. The van der Waals surface area contributed by atoms with E-state index in [1.54, 1.807) is 18.9 Å². The topological polar surface area (TPSA) is 99.2 Å². The van der Waals surface area contributed by atoms with E-state index in [1.807, 2.05) is 12.2 Å². The molecule has 3 amide bonds. The Balaban J connectivity index is 1.85. The second-order valence-electron chi connectivity index (χ2n) is 7.67. The summed E-state index contributed by atoms with van der Waals surface area (Å²) in [6.45, 7) is 2.66. The number of urea groups is 1. The quantitative estimate of drug-likeness (QED) is 0.542. The molecule has 27 heavy (non-hydrogen) atoms. The Bertz CT molecular complexity index is 637. The minimum absolute atomic E-state index is 0.0789. The van der Waals surface area contributed by atoms with Crippen molar-refractivity contribution in [3.8, 4) is 0 Å². The highest BCUT2D eigenvalue weighted by molar-refractivity contribution is 5.93. The van der Waals surface area contributed by atoms with Gasteiger partial charge in [0.05, 0.1) is 12.7 Å². The first-order valence-corrected chi connectivity index (χ1v) is 9.74. The highest BCUT2D eigenvalue weighted by Crippen LogP contribution is 2.46. The van der Waals surface area contributed by atoms with Crippen molar-refractivity contribution in [2.24, 2.45) is 5.92 Å². The van der Waals surface area contributed by atoms with Gasteiger partial charge in [-0.15, -0.1) is 0 Å². The number of allylic oxidation sites excluding steroid dienone is 1. The Kier molecular flexibility index (Phi) is 5.74. The van der Waals surface area contributed by atoms with Crippen molar-refractivity contribution in [2.75, 3.05) is 26.7 Å². The van der Waals surface area contributed by atoms with Gasteiger partial charge in [0.25, 0.3) is 0 Å². The van der Waals surface area contributed by atoms with E-state index < -0.39 is 29.7 Å². The number of fused-ring (bicyclic) bond motifs is 2. The second kappa shape index (κ2) is 7.88. The largest absolute Gasteiger partial charge is 0.464 e. The predicted octanol–water partition coefficient (Wildman–Crippen LogP) is 0.652. The Labute approximate surface area is 159 Å². The number of hydrogen-bond acceptors (Lipinski definition) is 5. The smallest absolute Gasteiger partial charge is 0.332 e. The number of rotatable bonds is 2. The molecule has 0 radical (unpaired) electrons. The highest BCUT2D eigenvalue weighted by Gasteiger charge is 2.62. The summed E-state index contributed by atoms with van der Waals surface area (Å²) in [5, 5.41) is 12.9. The normalized spacial score (nSPS) is 35.6. The fourth-order valence-corrected chi connectivity index (χ4v) is 3.98. The van der Waals surface area contributed by atoms with Crippen molar-refractivity contribution >= 4 is 17.9 Å². The number of esters is 1. The monoisotopic (exact) mass is 379 g/mol. The van der Waals surface area contributed by atoms with E-state index in [0.717, 1.165) is 19.3 Å². The molecule has 0 aromatic carbocycles. The standard InChI is InChI=1S/C19H29N3O5/c1-3-27-17(25)19-11-13(19)8-6-4-5-7-9-21(2)16(24)15-10-14(23)12-22(15)18(26)20-19/h6,8,13-15,23H,3-5,7,9-12H2,1-2H3,(H,20,26)/b8-6-/t13-,14+,15+,19-/m0/s1. The van der Waals surface area contributed by atoms with Crippen LogP contribution in [0.1, 0.15) is 39.0 Å². The molecular weight excluding hydrogens is 350 g/mol. The molecule has 8 nitrogen and oxygen atoms in total. The average molecular weight is 379 g/mol. The number of hydrogen-bond donors (Lipinski definition) is 2. The second-order valence-corrected chi connectivity index (χ2v) is 7.67.